The Labute approximate surface area is 194 Å². The number of carboxylic acid groups (broad SMARTS) is 1. The number of hydrogen-bond acceptors (Lipinski definition) is 6. The number of hydrogen-bond donors (Lipinski definition) is 1. The molecule has 0 unspecified atom stereocenters. The minimum atomic E-state index is -0.739. The van der Waals surface area contributed by atoms with Crippen molar-refractivity contribution in [2.75, 3.05) is 32.2 Å². The molecule has 1 N–H and O–H groups in total. The minimum Gasteiger partial charge on any atom is -0.497 e. The summed E-state index contributed by atoms with van der Waals surface area (Å²) in [6, 6.07) is 15.6. The molecule has 1 heterocycles. The molecule has 1 aliphatic rings. The van der Waals surface area contributed by atoms with E-state index in [0.717, 1.165) is 54.3 Å². The van der Waals surface area contributed by atoms with E-state index in [1.807, 2.05) is 49.5 Å². The van der Waals surface area contributed by atoms with Gasteiger partial charge in [0.1, 0.15) is 17.3 Å². The third-order valence-corrected chi connectivity index (χ3v) is 6.02. The van der Waals surface area contributed by atoms with Crippen molar-refractivity contribution < 1.29 is 19.4 Å². The third-order valence-electron chi connectivity index (χ3n) is 6.02. The molecule has 7 heteroatoms. The molecule has 172 valence electrons. The second-order valence-corrected chi connectivity index (χ2v) is 8.28. The molecule has 0 amide bonds. The standard InChI is InChI=1S/C26H29N3O4/c1-29(24-12-13-27-26(28-24)18-6-8-21(32-2)9-7-18)14-3-15-33-22-10-11-23-19(16-22)4-5-20(23)17-25(30)31/h6-13,16,20H,3-5,14-15,17H2,1-2H3,(H,30,31)/t20-/m0/s1. The third kappa shape index (κ3) is 5.61. The summed E-state index contributed by atoms with van der Waals surface area (Å²) in [6.45, 7) is 1.39. The predicted molar refractivity (Wildman–Crippen MR) is 127 cm³/mol. The van der Waals surface area contributed by atoms with E-state index in [4.69, 9.17) is 19.6 Å². The van der Waals surface area contributed by atoms with Gasteiger partial charge in [-0.05, 0) is 78.8 Å². The largest absolute Gasteiger partial charge is 0.497 e. The van der Waals surface area contributed by atoms with Gasteiger partial charge in [-0.3, -0.25) is 4.79 Å². The number of methoxy groups -OCH3 is 1. The molecule has 1 atom stereocenters. The molecule has 4 rings (SSSR count). The van der Waals surface area contributed by atoms with E-state index in [1.54, 1.807) is 13.3 Å². The van der Waals surface area contributed by atoms with Gasteiger partial charge in [0.15, 0.2) is 5.82 Å². The molecule has 0 fully saturated rings. The fourth-order valence-corrected chi connectivity index (χ4v) is 4.24. The van der Waals surface area contributed by atoms with Crippen LogP contribution in [0.15, 0.2) is 54.7 Å². The van der Waals surface area contributed by atoms with Crippen molar-refractivity contribution in [1.82, 2.24) is 9.97 Å². The lowest BCUT2D eigenvalue weighted by Crippen LogP contribution is -2.21. The summed E-state index contributed by atoms with van der Waals surface area (Å²) in [5.41, 5.74) is 3.31. The van der Waals surface area contributed by atoms with Gasteiger partial charge in [0.2, 0.25) is 0 Å². The van der Waals surface area contributed by atoms with Gasteiger partial charge in [0.25, 0.3) is 0 Å². The highest BCUT2D eigenvalue weighted by molar-refractivity contribution is 5.68. The van der Waals surface area contributed by atoms with Gasteiger partial charge >= 0.3 is 5.97 Å². The number of rotatable bonds is 10. The van der Waals surface area contributed by atoms with Gasteiger partial charge in [-0.15, -0.1) is 0 Å². The highest BCUT2D eigenvalue weighted by Gasteiger charge is 2.24. The summed E-state index contributed by atoms with van der Waals surface area (Å²) >= 11 is 0. The monoisotopic (exact) mass is 447 g/mol. The first-order valence-corrected chi connectivity index (χ1v) is 11.2. The van der Waals surface area contributed by atoms with Gasteiger partial charge in [-0.2, -0.15) is 0 Å². The van der Waals surface area contributed by atoms with Crippen molar-refractivity contribution in [2.45, 2.75) is 31.6 Å². The molecule has 1 aromatic heterocycles. The van der Waals surface area contributed by atoms with Crippen LogP contribution in [0.25, 0.3) is 11.4 Å². The molecule has 3 aromatic rings. The Morgan fingerprint density at radius 2 is 1.94 bits per heavy atom. The second-order valence-electron chi connectivity index (χ2n) is 8.28. The summed E-state index contributed by atoms with van der Waals surface area (Å²) in [6.07, 6.45) is 4.63. The highest BCUT2D eigenvalue weighted by Crippen LogP contribution is 2.37. The lowest BCUT2D eigenvalue weighted by atomic mass is 9.98. The van der Waals surface area contributed by atoms with Crippen LogP contribution in [0, 0.1) is 0 Å². The maximum atomic E-state index is 11.0. The highest BCUT2D eigenvalue weighted by atomic mass is 16.5. The summed E-state index contributed by atoms with van der Waals surface area (Å²) in [5, 5.41) is 9.08. The fraction of sp³-hybridized carbons (Fsp3) is 0.346. The zero-order chi connectivity index (χ0) is 23.2. The number of carbonyl (C=O) groups is 1. The van der Waals surface area contributed by atoms with Crippen LogP contribution >= 0.6 is 0 Å². The van der Waals surface area contributed by atoms with Crippen molar-refractivity contribution in [2.24, 2.45) is 0 Å². The topological polar surface area (TPSA) is 84.8 Å². The summed E-state index contributed by atoms with van der Waals surface area (Å²) in [4.78, 5) is 22.2. The molecular weight excluding hydrogens is 418 g/mol. The molecule has 0 spiro atoms. The first kappa shape index (κ1) is 22.6. The molecule has 0 saturated heterocycles. The van der Waals surface area contributed by atoms with Crippen molar-refractivity contribution in [3.63, 3.8) is 0 Å². The number of aromatic nitrogens is 2. The predicted octanol–water partition coefficient (Wildman–Crippen LogP) is 4.56. The number of benzene rings is 2. The minimum absolute atomic E-state index is 0.121. The summed E-state index contributed by atoms with van der Waals surface area (Å²) in [5.74, 6) is 2.56. The van der Waals surface area contributed by atoms with Crippen LogP contribution in [0.2, 0.25) is 0 Å². The Balaban J connectivity index is 1.28. The number of ether oxygens (including phenoxy) is 2. The van der Waals surface area contributed by atoms with Gasteiger partial charge < -0.3 is 19.5 Å². The van der Waals surface area contributed by atoms with Gasteiger partial charge in [0, 0.05) is 25.4 Å². The van der Waals surface area contributed by atoms with Crippen molar-refractivity contribution in [3.05, 3.63) is 65.9 Å². The van der Waals surface area contributed by atoms with E-state index in [-0.39, 0.29) is 12.3 Å². The number of nitrogens with zero attached hydrogens (tertiary/aromatic N) is 3. The average molecular weight is 448 g/mol. The van der Waals surface area contributed by atoms with Gasteiger partial charge in [-0.1, -0.05) is 6.07 Å². The Morgan fingerprint density at radius 1 is 1.15 bits per heavy atom. The van der Waals surface area contributed by atoms with Crippen LogP contribution in [0.1, 0.15) is 36.3 Å². The molecule has 0 radical (unpaired) electrons. The number of carboxylic acids is 1. The summed E-state index contributed by atoms with van der Waals surface area (Å²) in [7, 11) is 3.66. The number of anilines is 1. The van der Waals surface area contributed by atoms with Crippen molar-refractivity contribution >= 4 is 11.8 Å². The first-order chi connectivity index (χ1) is 16.0. The summed E-state index contributed by atoms with van der Waals surface area (Å²) < 4.78 is 11.2. The van der Waals surface area contributed by atoms with Gasteiger partial charge in [-0.25, -0.2) is 9.97 Å². The number of aliphatic carboxylic acids is 1. The molecule has 1 aliphatic carbocycles. The molecule has 33 heavy (non-hydrogen) atoms. The van der Waals surface area contributed by atoms with E-state index >= 15 is 0 Å². The van der Waals surface area contributed by atoms with E-state index in [1.165, 1.54) is 5.56 Å². The van der Waals surface area contributed by atoms with Crippen LogP contribution in [0.3, 0.4) is 0 Å². The molecule has 0 saturated carbocycles. The molecule has 2 aromatic carbocycles. The maximum Gasteiger partial charge on any atom is 0.303 e. The molecular formula is C26H29N3O4. The maximum absolute atomic E-state index is 11.0. The molecule has 7 nitrogen and oxygen atoms in total. The fourth-order valence-electron chi connectivity index (χ4n) is 4.24. The Hall–Kier alpha value is -3.61. The molecule has 0 aliphatic heterocycles. The Morgan fingerprint density at radius 3 is 2.70 bits per heavy atom. The first-order valence-electron chi connectivity index (χ1n) is 11.2. The van der Waals surface area contributed by atoms with E-state index in [0.29, 0.717) is 12.4 Å². The van der Waals surface area contributed by atoms with E-state index < -0.39 is 5.97 Å². The number of aryl methyl sites for hydroxylation is 1. The van der Waals surface area contributed by atoms with Crippen LogP contribution in [-0.4, -0.2) is 48.4 Å². The van der Waals surface area contributed by atoms with Crippen LogP contribution in [0.5, 0.6) is 11.5 Å². The quantitative estimate of drug-likeness (QED) is 0.456. The average Bonchev–Trinajstić information content (AvgIpc) is 3.23. The second kappa shape index (κ2) is 10.3. The van der Waals surface area contributed by atoms with Crippen molar-refractivity contribution in [3.8, 4) is 22.9 Å². The lowest BCUT2D eigenvalue weighted by Gasteiger charge is -2.19. The molecule has 0 bridgehead atoms. The van der Waals surface area contributed by atoms with Crippen LogP contribution in [-0.2, 0) is 11.2 Å². The van der Waals surface area contributed by atoms with Gasteiger partial charge in [0.05, 0.1) is 20.1 Å². The Bertz CT molecular complexity index is 1100. The smallest absolute Gasteiger partial charge is 0.303 e. The number of fused-ring (bicyclic) bond motifs is 1. The van der Waals surface area contributed by atoms with Crippen LogP contribution < -0.4 is 14.4 Å². The zero-order valence-electron chi connectivity index (χ0n) is 19.0. The lowest BCUT2D eigenvalue weighted by molar-refractivity contribution is -0.137. The zero-order valence-corrected chi connectivity index (χ0v) is 19.0. The Kier molecular flexibility index (Phi) is 7.07. The van der Waals surface area contributed by atoms with E-state index in [9.17, 15) is 4.79 Å². The van der Waals surface area contributed by atoms with Crippen molar-refractivity contribution in [1.29, 1.82) is 0 Å². The van der Waals surface area contributed by atoms with Crippen LogP contribution in [0.4, 0.5) is 5.82 Å². The van der Waals surface area contributed by atoms with E-state index in [2.05, 4.69) is 16.0 Å². The SMILES string of the molecule is COc1ccc(-c2nccc(N(C)CCCOc3ccc4c(c3)CC[C@H]4CC(=O)O)n2)cc1. The normalized spacial score (nSPS) is 14.5.